The van der Waals surface area contributed by atoms with Crippen molar-refractivity contribution in [2.45, 2.75) is 69.1 Å². The van der Waals surface area contributed by atoms with E-state index in [9.17, 15) is 14.0 Å². The van der Waals surface area contributed by atoms with E-state index >= 15 is 0 Å². The summed E-state index contributed by atoms with van der Waals surface area (Å²) in [6.07, 6.45) is 13.8. The molecule has 0 bridgehead atoms. The molecule has 2 amide bonds. The van der Waals surface area contributed by atoms with Gasteiger partial charge in [0.25, 0.3) is 5.91 Å². The zero-order valence-electron chi connectivity index (χ0n) is 17.9. The van der Waals surface area contributed by atoms with Gasteiger partial charge in [-0.05, 0) is 57.1 Å². The molecule has 2 unspecified atom stereocenters. The molecule has 0 spiro atoms. The summed E-state index contributed by atoms with van der Waals surface area (Å²) in [5, 5.41) is 3.28. The Morgan fingerprint density at radius 2 is 2.03 bits per heavy atom. The van der Waals surface area contributed by atoms with Crippen molar-refractivity contribution in [3.05, 3.63) is 52.2 Å². The number of nitrogens with zero attached hydrogens (tertiary/aromatic N) is 1. The lowest BCUT2D eigenvalue weighted by Crippen LogP contribution is -2.54. The number of nitrogens with one attached hydrogen (secondary N) is 1. The van der Waals surface area contributed by atoms with Gasteiger partial charge in [-0.2, -0.15) is 0 Å². The fourth-order valence-corrected chi connectivity index (χ4v) is 6.26. The lowest BCUT2D eigenvalue weighted by Gasteiger charge is -2.43. The van der Waals surface area contributed by atoms with Crippen LogP contribution in [0, 0.1) is 5.82 Å². The van der Waals surface area contributed by atoms with Gasteiger partial charge in [-0.1, -0.05) is 42.7 Å². The van der Waals surface area contributed by atoms with Crippen molar-refractivity contribution >= 4 is 29.7 Å². The molecule has 1 aromatic carbocycles. The van der Waals surface area contributed by atoms with Crippen LogP contribution in [0.25, 0.3) is 6.08 Å². The Morgan fingerprint density at radius 1 is 1.19 bits per heavy atom. The Labute approximate surface area is 188 Å². The van der Waals surface area contributed by atoms with Crippen LogP contribution in [0.4, 0.5) is 4.39 Å². The van der Waals surface area contributed by atoms with E-state index in [0.29, 0.717) is 17.0 Å². The lowest BCUT2D eigenvalue weighted by molar-refractivity contribution is -0.135. The first-order valence-corrected chi connectivity index (χ1v) is 12.4. The third-order valence-corrected chi connectivity index (χ3v) is 7.88. The monoisotopic (exact) mass is 442 g/mol. The van der Waals surface area contributed by atoms with E-state index in [1.165, 1.54) is 24.5 Å². The van der Waals surface area contributed by atoms with E-state index in [1.54, 1.807) is 40.9 Å². The van der Waals surface area contributed by atoms with Crippen LogP contribution < -0.4 is 5.32 Å². The Morgan fingerprint density at radius 3 is 2.84 bits per heavy atom. The van der Waals surface area contributed by atoms with E-state index in [2.05, 4.69) is 11.4 Å². The fraction of sp³-hybridized carbons (Fsp3) is 0.520. The third kappa shape index (κ3) is 5.59. The van der Waals surface area contributed by atoms with Crippen molar-refractivity contribution < 1.29 is 14.0 Å². The molecule has 2 fully saturated rings. The Kier molecular flexibility index (Phi) is 7.49. The number of thioether (sulfide) groups is 1. The zero-order chi connectivity index (χ0) is 21.6. The summed E-state index contributed by atoms with van der Waals surface area (Å²) in [5.41, 5.74) is 1.84. The normalized spacial score (nSPS) is 25.2. The number of carbonyl (C=O) groups excluding carboxylic acids is 2. The van der Waals surface area contributed by atoms with Crippen molar-refractivity contribution in [1.29, 1.82) is 0 Å². The van der Waals surface area contributed by atoms with Crippen molar-refractivity contribution in [3.8, 4) is 0 Å². The maximum atomic E-state index is 14.2. The van der Waals surface area contributed by atoms with Crippen LogP contribution in [-0.2, 0) is 9.59 Å². The number of hydrogen-bond donors (Lipinski definition) is 1. The molecule has 31 heavy (non-hydrogen) atoms. The van der Waals surface area contributed by atoms with Gasteiger partial charge in [0, 0.05) is 23.4 Å². The minimum atomic E-state index is -0.338. The Hall–Kier alpha value is -2.08. The first-order chi connectivity index (χ1) is 15.1. The van der Waals surface area contributed by atoms with E-state index < -0.39 is 0 Å². The highest BCUT2D eigenvalue weighted by Crippen LogP contribution is 2.42. The molecule has 4 nitrogen and oxygen atoms in total. The highest BCUT2D eigenvalue weighted by molar-refractivity contribution is 8.04. The van der Waals surface area contributed by atoms with Crippen molar-refractivity contribution in [2.24, 2.45) is 0 Å². The van der Waals surface area contributed by atoms with E-state index in [0.717, 1.165) is 44.9 Å². The van der Waals surface area contributed by atoms with Crippen molar-refractivity contribution in [2.75, 3.05) is 13.1 Å². The summed E-state index contributed by atoms with van der Waals surface area (Å²) in [6, 6.07) is 6.57. The number of fused-ring (bicyclic) bond motifs is 1. The predicted molar refractivity (Wildman–Crippen MR) is 124 cm³/mol. The molecule has 0 radical (unpaired) electrons. The standard InChI is InChI=1S/C25H31FN2O2S/c26-20-11-5-4-10-19(20)16-23-25(30)28(21-12-6-7-13-22(21)31-23)17-24(29)27-15-14-18-8-2-1-3-9-18/h4-5,8,10-11,16,21-22H,1-3,6-7,9,12-15,17H2,(H,27,29)/b23-16-. The average molecular weight is 443 g/mol. The third-order valence-electron chi connectivity index (χ3n) is 6.48. The molecular formula is C25H31FN2O2S. The van der Waals surface area contributed by atoms with Gasteiger partial charge in [-0.15, -0.1) is 11.8 Å². The van der Waals surface area contributed by atoms with Crippen molar-refractivity contribution in [3.63, 3.8) is 0 Å². The first kappa shape index (κ1) is 22.1. The van der Waals surface area contributed by atoms with Gasteiger partial charge >= 0.3 is 0 Å². The van der Waals surface area contributed by atoms with Crippen LogP contribution in [0.15, 0.2) is 40.8 Å². The molecule has 2 atom stereocenters. The molecule has 3 aliphatic rings. The van der Waals surface area contributed by atoms with Crippen LogP contribution in [0.3, 0.4) is 0 Å². The highest BCUT2D eigenvalue weighted by Gasteiger charge is 2.41. The van der Waals surface area contributed by atoms with Crippen molar-refractivity contribution in [1.82, 2.24) is 10.2 Å². The molecule has 1 heterocycles. The predicted octanol–water partition coefficient (Wildman–Crippen LogP) is 5.06. The molecule has 0 aromatic heterocycles. The SMILES string of the molecule is O=C(CN1C(=O)/C(=C/c2ccccc2F)SC2CCCCC21)NCCC1=CCCCC1. The van der Waals surface area contributed by atoms with Crippen LogP contribution in [0.1, 0.15) is 63.4 Å². The maximum Gasteiger partial charge on any atom is 0.261 e. The smallest absolute Gasteiger partial charge is 0.261 e. The number of amides is 2. The van der Waals surface area contributed by atoms with Crippen LogP contribution >= 0.6 is 11.8 Å². The number of allylic oxidation sites excluding steroid dienone is 1. The largest absolute Gasteiger partial charge is 0.354 e. The minimum Gasteiger partial charge on any atom is -0.354 e. The van der Waals surface area contributed by atoms with Gasteiger partial charge in [0.15, 0.2) is 0 Å². The Bertz CT molecular complexity index is 882. The second kappa shape index (κ2) is 10.5. The van der Waals surface area contributed by atoms with E-state index in [1.807, 2.05) is 0 Å². The second-order valence-corrected chi connectivity index (χ2v) is 9.96. The van der Waals surface area contributed by atoms with E-state index in [-0.39, 0.29) is 35.5 Å². The molecule has 1 saturated heterocycles. The molecule has 1 saturated carbocycles. The van der Waals surface area contributed by atoms with Crippen LogP contribution in [-0.4, -0.2) is 41.1 Å². The number of rotatable bonds is 6. The van der Waals surface area contributed by atoms with Gasteiger partial charge in [0.1, 0.15) is 12.4 Å². The highest BCUT2D eigenvalue weighted by atomic mass is 32.2. The maximum absolute atomic E-state index is 14.2. The fourth-order valence-electron chi connectivity index (χ4n) is 4.80. The van der Waals surface area contributed by atoms with Gasteiger partial charge in [0.2, 0.25) is 5.91 Å². The van der Waals surface area contributed by atoms with Crippen LogP contribution in [0.5, 0.6) is 0 Å². The molecule has 166 valence electrons. The van der Waals surface area contributed by atoms with Gasteiger partial charge in [-0.25, -0.2) is 4.39 Å². The molecule has 1 N–H and O–H groups in total. The summed E-state index contributed by atoms with van der Waals surface area (Å²) in [6.45, 7) is 0.696. The number of carbonyl (C=O) groups is 2. The van der Waals surface area contributed by atoms with Gasteiger partial charge in [-0.3, -0.25) is 9.59 Å². The summed E-state index contributed by atoms with van der Waals surface area (Å²) in [7, 11) is 0. The van der Waals surface area contributed by atoms with Crippen LogP contribution in [0.2, 0.25) is 0 Å². The van der Waals surface area contributed by atoms with E-state index in [4.69, 9.17) is 0 Å². The molecule has 1 aliphatic heterocycles. The second-order valence-electron chi connectivity index (χ2n) is 8.68. The number of hydrogen-bond acceptors (Lipinski definition) is 3. The summed E-state index contributed by atoms with van der Waals surface area (Å²) < 4.78 is 14.2. The summed E-state index contributed by atoms with van der Waals surface area (Å²) in [4.78, 5) is 28.2. The summed E-state index contributed by atoms with van der Waals surface area (Å²) >= 11 is 1.56. The Balaban J connectivity index is 1.43. The zero-order valence-corrected chi connectivity index (χ0v) is 18.8. The average Bonchev–Trinajstić information content (AvgIpc) is 2.79. The lowest BCUT2D eigenvalue weighted by atomic mass is 9.93. The number of halogens is 1. The number of benzene rings is 1. The molecular weight excluding hydrogens is 411 g/mol. The van der Waals surface area contributed by atoms with Gasteiger partial charge in [0.05, 0.1) is 4.91 Å². The molecule has 6 heteroatoms. The molecule has 2 aliphatic carbocycles. The quantitative estimate of drug-likeness (QED) is 0.495. The topological polar surface area (TPSA) is 49.4 Å². The molecule has 4 rings (SSSR count). The summed E-state index contributed by atoms with van der Waals surface area (Å²) in [5.74, 6) is -0.594. The molecule has 1 aromatic rings. The first-order valence-electron chi connectivity index (χ1n) is 11.5. The minimum absolute atomic E-state index is 0.0776. The van der Waals surface area contributed by atoms with Gasteiger partial charge < -0.3 is 10.2 Å².